The quantitative estimate of drug-likeness (QED) is 0.341. The van der Waals surface area contributed by atoms with E-state index in [9.17, 15) is 14.4 Å². The second kappa shape index (κ2) is 10.5. The molecule has 0 saturated carbocycles. The van der Waals surface area contributed by atoms with E-state index in [4.69, 9.17) is 20.9 Å². The van der Waals surface area contributed by atoms with Crippen molar-refractivity contribution in [2.24, 2.45) is 5.73 Å². The number of carbonyl (C=O) groups is 2. The fourth-order valence-corrected chi connectivity index (χ4v) is 3.12. The Balaban J connectivity index is 1.70. The number of primary amides is 1. The van der Waals surface area contributed by atoms with Crippen molar-refractivity contribution >= 4 is 28.7 Å². The van der Waals surface area contributed by atoms with Crippen molar-refractivity contribution < 1.29 is 19.1 Å². The fourth-order valence-electron chi connectivity index (χ4n) is 3.12. The molecule has 0 saturated heterocycles. The van der Waals surface area contributed by atoms with Crippen molar-refractivity contribution in [2.75, 3.05) is 26.1 Å². The summed E-state index contributed by atoms with van der Waals surface area (Å²) >= 11 is 0. The number of imidazole rings is 1. The van der Waals surface area contributed by atoms with Crippen LogP contribution in [-0.2, 0) is 27.3 Å². The normalized spacial score (nSPS) is 11.0. The maximum Gasteiger partial charge on any atom is 0.328 e. The van der Waals surface area contributed by atoms with Gasteiger partial charge in [0.1, 0.15) is 17.9 Å². The summed E-state index contributed by atoms with van der Waals surface area (Å²) in [4.78, 5) is 46.1. The molecule has 0 aliphatic carbocycles. The van der Waals surface area contributed by atoms with Crippen LogP contribution in [0.5, 0.6) is 6.01 Å². The van der Waals surface area contributed by atoms with Crippen LogP contribution in [-0.4, -0.2) is 51.5 Å². The number of nitrogens with one attached hydrogen (secondary N) is 1. The SMILES string of the molecule is COCCOc1nc(N)c2[nH]c(=O)n(Cc3ccc(CCC(=O)CCC(N)=O)cc3)c2n1. The summed E-state index contributed by atoms with van der Waals surface area (Å²) in [5.74, 6) is -0.357. The Labute approximate surface area is 183 Å². The van der Waals surface area contributed by atoms with E-state index in [1.807, 2.05) is 24.3 Å². The molecule has 0 unspecified atom stereocenters. The van der Waals surface area contributed by atoms with Crippen LogP contribution in [0.25, 0.3) is 11.2 Å². The molecule has 11 nitrogen and oxygen atoms in total. The van der Waals surface area contributed by atoms with E-state index in [1.54, 1.807) is 7.11 Å². The number of aromatic nitrogens is 4. The van der Waals surface area contributed by atoms with Crippen molar-refractivity contribution in [2.45, 2.75) is 32.2 Å². The Morgan fingerprint density at radius 1 is 1.06 bits per heavy atom. The molecular weight excluding hydrogens is 416 g/mol. The lowest BCUT2D eigenvalue weighted by molar-refractivity contribution is -0.123. The van der Waals surface area contributed by atoms with Gasteiger partial charge in [0.25, 0.3) is 0 Å². The lowest BCUT2D eigenvalue weighted by atomic mass is 10.0. The number of benzene rings is 1. The van der Waals surface area contributed by atoms with Gasteiger partial charge >= 0.3 is 11.7 Å². The number of ketones is 1. The number of anilines is 1. The van der Waals surface area contributed by atoms with E-state index < -0.39 is 5.91 Å². The zero-order chi connectivity index (χ0) is 23.1. The molecule has 0 aliphatic heterocycles. The molecule has 11 heteroatoms. The summed E-state index contributed by atoms with van der Waals surface area (Å²) in [6.45, 7) is 0.886. The van der Waals surface area contributed by atoms with Gasteiger partial charge in [-0.25, -0.2) is 4.79 Å². The minimum absolute atomic E-state index is 0.000911. The van der Waals surface area contributed by atoms with Crippen molar-refractivity contribution in [3.63, 3.8) is 0 Å². The van der Waals surface area contributed by atoms with Gasteiger partial charge in [0.05, 0.1) is 13.2 Å². The molecule has 1 amide bonds. The molecule has 3 aromatic rings. The minimum atomic E-state index is -0.476. The summed E-state index contributed by atoms with van der Waals surface area (Å²) < 4.78 is 11.8. The van der Waals surface area contributed by atoms with Gasteiger partial charge in [-0.3, -0.25) is 14.2 Å². The second-order valence-electron chi connectivity index (χ2n) is 7.27. The first-order valence-electron chi connectivity index (χ1n) is 10.1. The first-order chi connectivity index (χ1) is 15.4. The number of ether oxygens (including phenoxy) is 2. The van der Waals surface area contributed by atoms with Crippen LogP contribution in [0.15, 0.2) is 29.1 Å². The maximum absolute atomic E-state index is 12.5. The van der Waals surface area contributed by atoms with Gasteiger partial charge < -0.3 is 25.9 Å². The highest BCUT2D eigenvalue weighted by atomic mass is 16.5. The number of nitrogens with zero attached hydrogens (tertiary/aromatic N) is 3. The Morgan fingerprint density at radius 2 is 1.78 bits per heavy atom. The Kier molecular flexibility index (Phi) is 7.55. The zero-order valence-electron chi connectivity index (χ0n) is 17.8. The Bertz CT molecular complexity index is 1150. The molecule has 32 heavy (non-hydrogen) atoms. The number of aryl methyl sites for hydroxylation is 1. The average molecular weight is 442 g/mol. The van der Waals surface area contributed by atoms with Crippen molar-refractivity contribution in [3.8, 4) is 6.01 Å². The zero-order valence-corrected chi connectivity index (χ0v) is 17.8. The van der Waals surface area contributed by atoms with Gasteiger partial charge in [-0.2, -0.15) is 9.97 Å². The highest BCUT2D eigenvalue weighted by molar-refractivity contribution is 5.84. The lowest BCUT2D eigenvalue weighted by Gasteiger charge is -2.07. The molecule has 170 valence electrons. The number of nitrogen functional groups attached to an aromatic ring is 1. The van der Waals surface area contributed by atoms with E-state index in [1.165, 1.54) is 4.57 Å². The first kappa shape index (κ1) is 22.9. The summed E-state index contributed by atoms with van der Waals surface area (Å²) in [6, 6.07) is 7.64. The number of Topliss-reactive ketones (excluding diaryl/α,β-unsaturated/α-hetero) is 1. The lowest BCUT2D eigenvalue weighted by Crippen LogP contribution is -2.18. The topological polar surface area (TPSA) is 168 Å². The number of hydrogen-bond acceptors (Lipinski definition) is 8. The second-order valence-corrected chi connectivity index (χ2v) is 7.27. The number of H-pyrrole nitrogens is 1. The predicted octanol–water partition coefficient (Wildman–Crippen LogP) is 0.543. The van der Waals surface area contributed by atoms with Crippen LogP contribution < -0.4 is 21.9 Å². The van der Waals surface area contributed by atoms with Crippen molar-refractivity contribution in [1.82, 2.24) is 19.5 Å². The number of nitrogens with two attached hydrogens (primary N) is 2. The molecule has 0 bridgehead atoms. The van der Waals surface area contributed by atoms with Crippen LogP contribution in [0.2, 0.25) is 0 Å². The number of methoxy groups -OCH3 is 1. The number of aromatic amines is 1. The van der Waals surface area contributed by atoms with Crippen LogP contribution in [0.4, 0.5) is 5.82 Å². The van der Waals surface area contributed by atoms with Crippen LogP contribution in [0.3, 0.4) is 0 Å². The molecule has 0 radical (unpaired) electrons. The Hall–Kier alpha value is -3.73. The highest BCUT2D eigenvalue weighted by Gasteiger charge is 2.15. The summed E-state index contributed by atoms with van der Waals surface area (Å²) in [5, 5.41) is 0. The van der Waals surface area contributed by atoms with E-state index >= 15 is 0 Å². The number of hydrogen-bond donors (Lipinski definition) is 3. The third-order valence-electron chi connectivity index (χ3n) is 4.86. The maximum atomic E-state index is 12.5. The molecule has 2 heterocycles. The largest absolute Gasteiger partial charge is 0.461 e. The summed E-state index contributed by atoms with van der Waals surface area (Å²) in [7, 11) is 1.55. The monoisotopic (exact) mass is 442 g/mol. The number of fused-ring (bicyclic) bond motifs is 1. The molecular formula is C21H26N6O5. The van der Waals surface area contributed by atoms with E-state index in [-0.39, 0.29) is 49.3 Å². The fraction of sp³-hybridized carbons (Fsp3) is 0.381. The first-order valence-corrected chi connectivity index (χ1v) is 10.1. The molecule has 0 atom stereocenters. The smallest absolute Gasteiger partial charge is 0.328 e. The average Bonchev–Trinajstić information content (AvgIpc) is 3.08. The van der Waals surface area contributed by atoms with E-state index in [2.05, 4.69) is 15.0 Å². The molecule has 0 spiro atoms. The van der Waals surface area contributed by atoms with Crippen LogP contribution in [0.1, 0.15) is 30.4 Å². The van der Waals surface area contributed by atoms with Gasteiger partial charge in [-0.15, -0.1) is 0 Å². The standard InChI is InChI=1S/C21H26N6O5/c1-31-10-11-32-20-25-18(23)17-19(26-20)27(21(30)24-17)12-14-4-2-13(3-5-14)6-7-15(28)8-9-16(22)29/h2-5H,6-12H2,1H3,(H2,22,29)(H,24,30)(H2,23,25,26). The predicted molar refractivity (Wildman–Crippen MR) is 117 cm³/mol. The number of carbonyl (C=O) groups excluding carboxylic acids is 2. The third kappa shape index (κ3) is 5.91. The van der Waals surface area contributed by atoms with Gasteiger partial charge in [0.15, 0.2) is 11.5 Å². The van der Waals surface area contributed by atoms with Gasteiger partial charge in [0, 0.05) is 26.4 Å². The Morgan fingerprint density at radius 3 is 2.47 bits per heavy atom. The number of amides is 1. The van der Waals surface area contributed by atoms with Gasteiger partial charge in [-0.1, -0.05) is 24.3 Å². The van der Waals surface area contributed by atoms with E-state index in [0.717, 1.165) is 11.1 Å². The van der Waals surface area contributed by atoms with Crippen molar-refractivity contribution in [1.29, 1.82) is 0 Å². The van der Waals surface area contributed by atoms with E-state index in [0.29, 0.717) is 30.6 Å². The van der Waals surface area contributed by atoms with Gasteiger partial charge in [0.2, 0.25) is 5.91 Å². The molecule has 2 aromatic heterocycles. The van der Waals surface area contributed by atoms with Crippen molar-refractivity contribution in [3.05, 3.63) is 45.9 Å². The van der Waals surface area contributed by atoms with Crippen LogP contribution in [0, 0.1) is 0 Å². The third-order valence-corrected chi connectivity index (χ3v) is 4.86. The molecule has 0 fully saturated rings. The molecule has 3 rings (SSSR count). The molecule has 0 aliphatic rings. The summed E-state index contributed by atoms with van der Waals surface area (Å²) in [5.41, 5.74) is 13.2. The minimum Gasteiger partial charge on any atom is -0.461 e. The van der Waals surface area contributed by atoms with Crippen LogP contribution >= 0.6 is 0 Å². The summed E-state index contributed by atoms with van der Waals surface area (Å²) in [6.07, 6.45) is 1.15. The molecule has 5 N–H and O–H groups in total. The molecule has 1 aromatic carbocycles. The van der Waals surface area contributed by atoms with Gasteiger partial charge in [-0.05, 0) is 17.5 Å². The number of rotatable bonds is 12. The highest BCUT2D eigenvalue weighted by Crippen LogP contribution is 2.19.